The molecule has 0 aliphatic carbocycles. The lowest BCUT2D eigenvalue weighted by Gasteiger charge is -2.40. The Hall–Kier alpha value is -3.01. The lowest BCUT2D eigenvalue weighted by molar-refractivity contribution is -0.128. The van der Waals surface area contributed by atoms with Crippen molar-refractivity contribution >= 4 is 17.9 Å². The van der Waals surface area contributed by atoms with Gasteiger partial charge in [0.15, 0.2) is 11.5 Å². The van der Waals surface area contributed by atoms with Crippen LogP contribution in [0.3, 0.4) is 0 Å². The Balaban J connectivity index is 1.33. The van der Waals surface area contributed by atoms with Gasteiger partial charge in [0.25, 0.3) is 5.91 Å². The SMILES string of the molecule is CC(C)(C)OC(=O)N1CC(NC(=O)C2c3c(ccc4c3OCO4)C(=O)N2CC2CCCOC2)C1. The zero-order valence-corrected chi connectivity index (χ0v) is 19.8. The van der Waals surface area contributed by atoms with Gasteiger partial charge in [-0.1, -0.05) is 0 Å². The number of hydrogen-bond donors (Lipinski definition) is 1. The first kappa shape index (κ1) is 22.8. The molecule has 34 heavy (non-hydrogen) atoms. The van der Waals surface area contributed by atoms with Crippen molar-refractivity contribution in [1.82, 2.24) is 15.1 Å². The summed E-state index contributed by atoms with van der Waals surface area (Å²) in [5.41, 5.74) is 0.438. The highest BCUT2D eigenvalue weighted by molar-refractivity contribution is 6.06. The fraction of sp³-hybridized carbons (Fsp3) is 0.625. The molecule has 4 heterocycles. The topological polar surface area (TPSA) is 107 Å². The first-order valence-electron chi connectivity index (χ1n) is 11.8. The molecule has 4 aliphatic rings. The van der Waals surface area contributed by atoms with Crippen molar-refractivity contribution < 1.29 is 33.3 Å². The van der Waals surface area contributed by atoms with E-state index in [1.54, 1.807) is 21.9 Å². The van der Waals surface area contributed by atoms with Crippen molar-refractivity contribution in [3.8, 4) is 11.5 Å². The van der Waals surface area contributed by atoms with Crippen LogP contribution in [0.5, 0.6) is 11.5 Å². The van der Waals surface area contributed by atoms with Crippen LogP contribution in [0.25, 0.3) is 0 Å². The van der Waals surface area contributed by atoms with E-state index in [-0.39, 0.29) is 30.6 Å². The maximum absolute atomic E-state index is 13.5. The van der Waals surface area contributed by atoms with Gasteiger partial charge < -0.3 is 34.1 Å². The van der Waals surface area contributed by atoms with E-state index >= 15 is 0 Å². The normalized spacial score (nSPS) is 24.0. The second-order valence-electron chi connectivity index (χ2n) is 10.3. The molecule has 3 amide bonds. The number of benzene rings is 1. The number of nitrogens with one attached hydrogen (secondary N) is 1. The van der Waals surface area contributed by atoms with E-state index in [9.17, 15) is 14.4 Å². The highest BCUT2D eigenvalue weighted by atomic mass is 16.7. The third-order valence-corrected chi connectivity index (χ3v) is 6.49. The van der Waals surface area contributed by atoms with Crippen LogP contribution in [0.1, 0.15) is 55.6 Å². The Labute approximate surface area is 198 Å². The van der Waals surface area contributed by atoms with Crippen LogP contribution in [-0.2, 0) is 14.3 Å². The summed E-state index contributed by atoms with van der Waals surface area (Å²) in [4.78, 5) is 42.3. The number of ether oxygens (including phenoxy) is 4. The van der Waals surface area contributed by atoms with Crippen molar-refractivity contribution in [3.63, 3.8) is 0 Å². The molecule has 1 N–H and O–H groups in total. The molecule has 10 nitrogen and oxygen atoms in total. The number of amides is 3. The summed E-state index contributed by atoms with van der Waals surface area (Å²) in [6, 6.07) is 2.38. The summed E-state index contributed by atoms with van der Waals surface area (Å²) in [6.07, 6.45) is 1.48. The van der Waals surface area contributed by atoms with Crippen molar-refractivity contribution in [3.05, 3.63) is 23.3 Å². The predicted octanol–water partition coefficient (Wildman–Crippen LogP) is 2.07. The third-order valence-electron chi connectivity index (χ3n) is 6.49. The van der Waals surface area contributed by atoms with Crippen LogP contribution >= 0.6 is 0 Å². The molecule has 5 rings (SSSR count). The zero-order valence-electron chi connectivity index (χ0n) is 19.8. The minimum atomic E-state index is -0.823. The first-order valence-corrected chi connectivity index (χ1v) is 11.8. The number of nitrogens with zero attached hydrogens (tertiary/aromatic N) is 2. The highest BCUT2D eigenvalue weighted by Crippen LogP contribution is 2.47. The minimum Gasteiger partial charge on any atom is -0.454 e. The van der Waals surface area contributed by atoms with Gasteiger partial charge in [-0.05, 0) is 45.7 Å². The maximum atomic E-state index is 13.5. The molecule has 0 bridgehead atoms. The van der Waals surface area contributed by atoms with Crippen molar-refractivity contribution in [1.29, 1.82) is 0 Å². The molecule has 0 aromatic heterocycles. The molecular formula is C24H31N3O7. The lowest BCUT2D eigenvalue weighted by Crippen LogP contribution is -2.62. The summed E-state index contributed by atoms with van der Waals surface area (Å²) in [7, 11) is 0. The summed E-state index contributed by atoms with van der Waals surface area (Å²) >= 11 is 0. The number of fused-ring (bicyclic) bond motifs is 3. The van der Waals surface area contributed by atoms with Gasteiger partial charge in [0.2, 0.25) is 12.7 Å². The van der Waals surface area contributed by atoms with Crippen molar-refractivity contribution in [2.24, 2.45) is 5.92 Å². The zero-order chi connectivity index (χ0) is 24.0. The van der Waals surface area contributed by atoms with Crippen LogP contribution in [0.2, 0.25) is 0 Å². The monoisotopic (exact) mass is 473 g/mol. The molecular weight excluding hydrogens is 442 g/mol. The van der Waals surface area contributed by atoms with Crippen LogP contribution in [0, 0.1) is 5.92 Å². The van der Waals surface area contributed by atoms with Crippen LogP contribution in [0.15, 0.2) is 12.1 Å². The van der Waals surface area contributed by atoms with E-state index in [1.165, 1.54) is 0 Å². The van der Waals surface area contributed by atoms with Gasteiger partial charge >= 0.3 is 6.09 Å². The quantitative estimate of drug-likeness (QED) is 0.714. The molecule has 2 saturated heterocycles. The lowest BCUT2D eigenvalue weighted by atomic mass is 9.99. The van der Waals surface area contributed by atoms with E-state index in [4.69, 9.17) is 18.9 Å². The molecule has 1 aromatic carbocycles. The number of likely N-dealkylation sites (tertiary alicyclic amines) is 1. The first-order chi connectivity index (χ1) is 16.2. The summed E-state index contributed by atoms with van der Waals surface area (Å²) in [6.45, 7) is 7.93. The van der Waals surface area contributed by atoms with Gasteiger partial charge in [-0.25, -0.2) is 4.79 Å². The average Bonchev–Trinajstić information content (AvgIpc) is 3.33. The largest absolute Gasteiger partial charge is 0.454 e. The molecule has 2 atom stereocenters. The standard InChI is InChI=1S/C24H31N3O7/c1-24(2,3)34-23(30)26-10-15(11-26)25-21(28)19-18-16(6-7-17-20(18)33-13-32-17)22(29)27(19)9-14-5-4-8-31-12-14/h6-7,14-15,19H,4-5,8-13H2,1-3H3,(H,25,28). The van der Waals surface area contributed by atoms with E-state index in [1.807, 2.05) is 20.8 Å². The molecule has 0 saturated carbocycles. The number of carbonyl (C=O) groups excluding carboxylic acids is 3. The number of carbonyl (C=O) groups is 3. The van der Waals surface area contributed by atoms with Gasteiger partial charge in [-0.3, -0.25) is 9.59 Å². The van der Waals surface area contributed by atoms with Crippen LogP contribution < -0.4 is 14.8 Å². The Kier molecular flexibility index (Phi) is 5.79. The van der Waals surface area contributed by atoms with Crippen molar-refractivity contribution in [2.45, 2.75) is 51.3 Å². The number of rotatable bonds is 4. The average molecular weight is 474 g/mol. The van der Waals surface area contributed by atoms with Crippen LogP contribution in [0.4, 0.5) is 4.79 Å². The Bertz CT molecular complexity index is 993. The van der Waals surface area contributed by atoms with Gasteiger partial charge in [-0.2, -0.15) is 0 Å². The molecule has 184 valence electrons. The van der Waals surface area contributed by atoms with Gasteiger partial charge in [0.05, 0.1) is 12.6 Å². The number of hydrogen-bond acceptors (Lipinski definition) is 7. The molecule has 4 aliphatic heterocycles. The van der Waals surface area contributed by atoms with Crippen molar-refractivity contribution in [2.75, 3.05) is 39.6 Å². The highest BCUT2D eigenvalue weighted by Gasteiger charge is 2.47. The molecule has 2 unspecified atom stereocenters. The molecule has 1 aromatic rings. The summed E-state index contributed by atoms with van der Waals surface area (Å²) < 4.78 is 22.2. The van der Waals surface area contributed by atoms with E-state index < -0.39 is 17.7 Å². The van der Waals surface area contributed by atoms with E-state index in [2.05, 4.69) is 5.32 Å². The summed E-state index contributed by atoms with van der Waals surface area (Å²) in [5, 5.41) is 3.02. The Morgan fingerprint density at radius 2 is 2.00 bits per heavy atom. The predicted molar refractivity (Wildman–Crippen MR) is 120 cm³/mol. The Morgan fingerprint density at radius 3 is 2.71 bits per heavy atom. The fourth-order valence-corrected chi connectivity index (χ4v) is 4.90. The smallest absolute Gasteiger partial charge is 0.410 e. The van der Waals surface area contributed by atoms with Crippen LogP contribution in [-0.4, -0.2) is 79.0 Å². The molecule has 0 radical (unpaired) electrons. The van der Waals surface area contributed by atoms with Gasteiger partial charge in [-0.15, -0.1) is 0 Å². The molecule has 10 heteroatoms. The second kappa shape index (κ2) is 8.65. The second-order valence-corrected chi connectivity index (χ2v) is 10.3. The third kappa shape index (κ3) is 4.26. The molecule has 0 spiro atoms. The van der Waals surface area contributed by atoms with Gasteiger partial charge in [0.1, 0.15) is 11.6 Å². The van der Waals surface area contributed by atoms with E-state index in [0.717, 1.165) is 19.4 Å². The fourth-order valence-electron chi connectivity index (χ4n) is 4.90. The molecule has 2 fully saturated rings. The maximum Gasteiger partial charge on any atom is 0.410 e. The summed E-state index contributed by atoms with van der Waals surface area (Å²) in [5.74, 6) is 0.674. The van der Waals surface area contributed by atoms with E-state index in [0.29, 0.717) is 48.9 Å². The van der Waals surface area contributed by atoms with Gasteiger partial charge in [0, 0.05) is 43.3 Å². The Morgan fingerprint density at radius 1 is 1.21 bits per heavy atom. The minimum absolute atomic E-state index is 0.0538.